The van der Waals surface area contributed by atoms with E-state index >= 15 is 0 Å². The van der Waals surface area contributed by atoms with Gasteiger partial charge in [-0.2, -0.15) is 0 Å². The maximum Gasteiger partial charge on any atom is 0.187 e. The molecule has 0 saturated carbocycles. The van der Waals surface area contributed by atoms with E-state index in [9.17, 15) is 4.39 Å². The highest BCUT2D eigenvalue weighted by Crippen LogP contribution is 2.25. The number of halogens is 1. The van der Waals surface area contributed by atoms with Crippen LogP contribution in [-0.4, -0.2) is 60.8 Å². The number of hydrogen-bond acceptors (Lipinski definition) is 5. The SMILES string of the molecule is CCc1ncnc(N2CCC[C@H](CN3CCOCC3)C2)c1F. The van der Waals surface area contributed by atoms with Crippen LogP contribution in [0.3, 0.4) is 0 Å². The minimum absolute atomic E-state index is 0.239. The molecule has 0 amide bonds. The smallest absolute Gasteiger partial charge is 0.187 e. The fraction of sp³-hybridized carbons (Fsp3) is 0.750. The zero-order chi connectivity index (χ0) is 15.4. The van der Waals surface area contributed by atoms with Gasteiger partial charge < -0.3 is 9.64 Å². The Bertz CT molecular complexity index is 493. The van der Waals surface area contributed by atoms with Crippen molar-refractivity contribution >= 4 is 5.82 Å². The summed E-state index contributed by atoms with van der Waals surface area (Å²) in [5.74, 6) is 0.821. The van der Waals surface area contributed by atoms with Crippen molar-refractivity contribution in [3.05, 3.63) is 17.8 Å². The molecule has 2 aliphatic rings. The highest BCUT2D eigenvalue weighted by molar-refractivity contribution is 5.41. The van der Waals surface area contributed by atoms with Crippen LogP contribution in [0.5, 0.6) is 0 Å². The highest BCUT2D eigenvalue weighted by atomic mass is 19.1. The first kappa shape index (κ1) is 15.6. The number of morpholine rings is 1. The summed E-state index contributed by atoms with van der Waals surface area (Å²) >= 11 is 0. The Morgan fingerprint density at radius 2 is 2.09 bits per heavy atom. The van der Waals surface area contributed by atoms with Crippen LogP contribution in [0, 0.1) is 11.7 Å². The van der Waals surface area contributed by atoms with Gasteiger partial charge in [-0.3, -0.25) is 4.90 Å². The Morgan fingerprint density at radius 1 is 1.27 bits per heavy atom. The van der Waals surface area contributed by atoms with Gasteiger partial charge in [0.05, 0.1) is 18.9 Å². The second-order valence-corrected chi connectivity index (χ2v) is 6.18. The van der Waals surface area contributed by atoms with Crippen LogP contribution >= 0.6 is 0 Å². The predicted molar refractivity (Wildman–Crippen MR) is 83.6 cm³/mol. The van der Waals surface area contributed by atoms with Gasteiger partial charge in [-0.05, 0) is 25.2 Å². The first-order valence-corrected chi connectivity index (χ1v) is 8.32. The van der Waals surface area contributed by atoms with E-state index in [4.69, 9.17) is 4.74 Å². The van der Waals surface area contributed by atoms with Crippen molar-refractivity contribution in [3.63, 3.8) is 0 Å². The van der Waals surface area contributed by atoms with Crippen molar-refractivity contribution in [2.24, 2.45) is 5.92 Å². The summed E-state index contributed by atoms with van der Waals surface area (Å²) in [6, 6.07) is 0. The normalized spacial score (nSPS) is 23.7. The fourth-order valence-corrected chi connectivity index (χ4v) is 3.42. The molecular formula is C16H25FN4O. The molecule has 5 nitrogen and oxygen atoms in total. The second-order valence-electron chi connectivity index (χ2n) is 6.18. The van der Waals surface area contributed by atoms with E-state index in [2.05, 4.69) is 19.8 Å². The minimum Gasteiger partial charge on any atom is -0.379 e. The van der Waals surface area contributed by atoms with Crippen molar-refractivity contribution in [2.45, 2.75) is 26.2 Å². The van der Waals surface area contributed by atoms with E-state index < -0.39 is 0 Å². The van der Waals surface area contributed by atoms with E-state index in [1.807, 2.05) is 6.92 Å². The summed E-state index contributed by atoms with van der Waals surface area (Å²) in [5.41, 5.74) is 0.514. The van der Waals surface area contributed by atoms with E-state index in [1.165, 1.54) is 12.7 Å². The van der Waals surface area contributed by atoms with Crippen LogP contribution in [0.15, 0.2) is 6.33 Å². The average molecular weight is 308 g/mol. The molecular weight excluding hydrogens is 283 g/mol. The molecule has 122 valence electrons. The summed E-state index contributed by atoms with van der Waals surface area (Å²) in [6.45, 7) is 8.45. The molecule has 0 radical (unpaired) electrons. The quantitative estimate of drug-likeness (QED) is 0.847. The summed E-state index contributed by atoms with van der Waals surface area (Å²) in [5, 5.41) is 0. The second kappa shape index (κ2) is 7.33. The summed E-state index contributed by atoms with van der Waals surface area (Å²) in [4.78, 5) is 12.8. The zero-order valence-electron chi connectivity index (χ0n) is 13.3. The summed E-state index contributed by atoms with van der Waals surface area (Å²) < 4.78 is 19.9. The molecule has 3 rings (SSSR count). The third-order valence-corrected chi connectivity index (χ3v) is 4.62. The molecule has 2 aliphatic heterocycles. The number of anilines is 1. The largest absolute Gasteiger partial charge is 0.379 e. The van der Waals surface area contributed by atoms with Gasteiger partial charge >= 0.3 is 0 Å². The third kappa shape index (κ3) is 3.55. The third-order valence-electron chi connectivity index (χ3n) is 4.62. The molecule has 1 atom stereocenters. The Labute approximate surface area is 131 Å². The van der Waals surface area contributed by atoms with E-state index in [0.29, 0.717) is 23.9 Å². The van der Waals surface area contributed by atoms with Crippen LogP contribution in [0.1, 0.15) is 25.5 Å². The summed E-state index contributed by atoms with van der Waals surface area (Å²) in [6.07, 6.45) is 4.40. The lowest BCUT2D eigenvalue weighted by molar-refractivity contribution is 0.0296. The van der Waals surface area contributed by atoms with Gasteiger partial charge in [0.2, 0.25) is 0 Å². The Morgan fingerprint density at radius 3 is 2.86 bits per heavy atom. The average Bonchev–Trinajstić information content (AvgIpc) is 2.56. The molecule has 1 aromatic rings. The topological polar surface area (TPSA) is 41.5 Å². The molecule has 2 fully saturated rings. The lowest BCUT2D eigenvalue weighted by Crippen LogP contribution is -2.45. The highest BCUT2D eigenvalue weighted by Gasteiger charge is 2.26. The molecule has 2 saturated heterocycles. The van der Waals surface area contributed by atoms with Crippen molar-refractivity contribution in [2.75, 3.05) is 50.8 Å². The van der Waals surface area contributed by atoms with Crippen molar-refractivity contribution < 1.29 is 9.13 Å². The molecule has 0 bridgehead atoms. The summed E-state index contributed by atoms with van der Waals surface area (Å²) in [7, 11) is 0. The molecule has 3 heterocycles. The standard InChI is InChI=1S/C16H25FN4O/c1-2-14-15(17)16(19-12-18-14)21-5-3-4-13(11-21)10-20-6-8-22-9-7-20/h12-13H,2-11H2,1H3/t13-/m1/s1. The number of hydrogen-bond donors (Lipinski definition) is 0. The van der Waals surface area contributed by atoms with E-state index in [1.54, 1.807) is 0 Å². The number of ether oxygens (including phenoxy) is 1. The lowest BCUT2D eigenvalue weighted by Gasteiger charge is -2.37. The first-order chi connectivity index (χ1) is 10.8. The predicted octanol–water partition coefficient (Wildman–Crippen LogP) is 1.73. The molecule has 0 unspecified atom stereocenters. The Balaban J connectivity index is 1.65. The van der Waals surface area contributed by atoms with Gasteiger partial charge in [0.1, 0.15) is 6.33 Å². The number of rotatable bonds is 4. The van der Waals surface area contributed by atoms with Crippen molar-refractivity contribution in [3.8, 4) is 0 Å². The van der Waals surface area contributed by atoms with Gasteiger partial charge in [-0.25, -0.2) is 14.4 Å². The van der Waals surface area contributed by atoms with Gasteiger partial charge in [-0.15, -0.1) is 0 Å². The Hall–Kier alpha value is -1.27. The fourth-order valence-electron chi connectivity index (χ4n) is 3.42. The van der Waals surface area contributed by atoms with E-state index in [-0.39, 0.29) is 5.82 Å². The molecule has 6 heteroatoms. The molecule has 1 aromatic heterocycles. The maximum atomic E-state index is 14.4. The van der Waals surface area contributed by atoms with Crippen LogP contribution in [0.4, 0.5) is 10.2 Å². The lowest BCUT2D eigenvalue weighted by atomic mass is 9.97. The maximum absolute atomic E-state index is 14.4. The molecule has 0 aromatic carbocycles. The number of aromatic nitrogens is 2. The number of nitrogens with zero attached hydrogens (tertiary/aromatic N) is 4. The monoisotopic (exact) mass is 308 g/mol. The van der Waals surface area contributed by atoms with Crippen LogP contribution in [-0.2, 0) is 11.2 Å². The molecule has 0 spiro atoms. The first-order valence-electron chi connectivity index (χ1n) is 8.32. The number of aryl methyl sites for hydroxylation is 1. The van der Waals surface area contributed by atoms with Crippen molar-refractivity contribution in [1.82, 2.24) is 14.9 Å². The molecule has 0 N–H and O–H groups in total. The van der Waals surface area contributed by atoms with Gasteiger partial charge in [0, 0.05) is 32.7 Å². The van der Waals surface area contributed by atoms with E-state index in [0.717, 1.165) is 52.4 Å². The molecule has 22 heavy (non-hydrogen) atoms. The minimum atomic E-state index is -0.239. The van der Waals surface area contributed by atoms with Gasteiger partial charge in [0.25, 0.3) is 0 Å². The van der Waals surface area contributed by atoms with Crippen LogP contribution in [0.25, 0.3) is 0 Å². The Kier molecular flexibility index (Phi) is 5.20. The van der Waals surface area contributed by atoms with Gasteiger partial charge in [0.15, 0.2) is 11.6 Å². The van der Waals surface area contributed by atoms with Crippen molar-refractivity contribution in [1.29, 1.82) is 0 Å². The molecule has 0 aliphatic carbocycles. The zero-order valence-corrected chi connectivity index (χ0v) is 13.3. The van der Waals surface area contributed by atoms with Crippen LogP contribution < -0.4 is 4.90 Å². The number of piperidine rings is 1. The van der Waals surface area contributed by atoms with Gasteiger partial charge in [-0.1, -0.05) is 6.92 Å². The van der Waals surface area contributed by atoms with Crippen LogP contribution in [0.2, 0.25) is 0 Å².